The van der Waals surface area contributed by atoms with Gasteiger partial charge in [0.15, 0.2) is 5.54 Å². The number of rotatable bonds is 3. The fourth-order valence-corrected chi connectivity index (χ4v) is 3.23. The van der Waals surface area contributed by atoms with Crippen molar-refractivity contribution in [3.05, 3.63) is 20.8 Å². The fourth-order valence-electron chi connectivity index (χ4n) is 1.75. The van der Waals surface area contributed by atoms with Crippen LogP contribution in [0.4, 0.5) is 4.79 Å². The van der Waals surface area contributed by atoms with Crippen molar-refractivity contribution in [3.8, 4) is 0 Å². The SMILES string of the molecule is C[C@]1(c2ccc(Br)s2)NC(=O)N(CC(N)=O)C1=O. The van der Waals surface area contributed by atoms with Crippen molar-refractivity contribution in [2.75, 3.05) is 6.54 Å². The average Bonchev–Trinajstić information content (AvgIpc) is 2.78. The highest BCUT2D eigenvalue weighted by atomic mass is 79.9. The van der Waals surface area contributed by atoms with Gasteiger partial charge in [-0.15, -0.1) is 11.3 Å². The van der Waals surface area contributed by atoms with Crippen molar-refractivity contribution in [3.63, 3.8) is 0 Å². The quantitative estimate of drug-likeness (QED) is 0.801. The summed E-state index contributed by atoms with van der Waals surface area (Å²) in [4.78, 5) is 36.3. The number of carbonyl (C=O) groups is 3. The van der Waals surface area contributed by atoms with E-state index in [1.807, 2.05) is 0 Å². The first-order valence-corrected chi connectivity index (χ1v) is 6.64. The second-order valence-corrected chi connectivity index (χ2v) is 6.48. The number of carbonyl (C=O) groups excluding carboxylic acids is 3. The molecule has 96 valence electrons. The van der Waals surface area contributed by atoms with Gasteiger partial charge >= 0.3 is 6.03 Å². The lowest BCUT2D eigenvalue weighted by molar-refractivity contribution is -0.134. The van der Waals surface area contributed by atoms with E-state index in [4.69, 9.17) is 5.73 Å². The second kappa shape index (κ2) is 4.36. The Labute approximate surface area is 115 Å². The van der Waals surface area contributed by atoms with Crippen LogP contribution in [0.2, 0.25) is 0 Å². The monoisotopic (exact) mass is 331 g/mol. The zero-order valence-electron chi connectivity index (χ0n) is 9.40. The number of imide groups is 1. The van der Waals surface area contributed by atoms with Crippen LogP contribution in [-0.2, 0) is 15.1 Å². The van der Waals surface area contributed by atoms with Gasteiger partial charge in [-0.25, -0.2) is 4.79 Å². The van der Waals surface area contributed by atoms with Gasteiger partial charge in [0.1, 0.15) is 6.54 Å². The molecule has 18 heavy (non-hydrogen) atoms. The number of hydrogen-bond acceptors (Lipinski definition) is 4. The van der Waals surface area contributed by atoms with Crippen molar-refractivity contribution >= 4 is 45.1 Å². The van der Waals surface area contributed by atoms with Crippen molar-refractivity contribution < 1.29 is 14.4 Å². The van der Waals surface area contributed by atoms with E-state index in [0.29, 0.717) is 4.88 Å². The zero-order chi connectivity index (χ0) is 13.5. The molecule has 0 aromatic carbocycles. The summed E-state index contributed by atoms with van der Waals surface area (Å²) >= 11 is 4.65. The highest BCUT2D eigenvalue weighted by molar-refractivity contribution is 9.11. The third-order valence-corrected chi connectivity index (χ3v) is 4.50. The lowest BCUT2D eigenvalue weighted by Gasteiger charge is -2.19. The predicted molar refractivity (Wildman–Crippen MR) is 68.8 cm³/mol. The van der Waals surface area contributed by atoms with Crippen LogP contribution in [0.5, 0.6) is 0 Å². The topological polar surface area (TPSA) is 92.5 Å². The molecule has 8 heteroatoms. The van der Waals surface area contributed by atoms with Crippen LogP contribution in [0.25, 0.3) is 0 Å². The van der Waals surface area contributed by atoms with Gasteiger partial charge in [-0.1, -0.05) is 0 Å². The van der Waals surface area contributed by atoms with Gasteiger partial charge in [-0.3, -0.25) is 14.5 Å². The van der Waals surface area contributed by atoms with E-state index in [1.165, 1.54) is 11.3 Å². The van der Waals surface area contributed by atoms with Gasteiger partial charge in [-0.05, 0) is 35.0 Å². The number of nitrogens with two attached hydrogens (primary N) is 1. The number of thiophene rings is 1. The Bertz CT molecular complexity index is 544. The van der Waals surface area contributed by atoms with Gasteiger partial charge in [0.05, 0.1) is 3.79 Å². The summed E-state index contributed by atoms with van der Waals surface area (Å²) < 4.78 is 0.856. The largest absolute Gasteiger partial charge is 0.368 e. The molecule has 0 unspecified atom stereocenters. The van der Waals surface area contributed by atoms with Gasteiger partial charge in [-0.2, -0.15) is 0 Å². The Morgan fingerprint density at radius 2 is 2.22 bits per heavy atom. The van der Waals surface area contributed by atoms with Crippen molar-refractivity contribution in [1.82, 2.24) is 10.2 Å². The molecular weight excluding hydrogens is 322 g/mol. The molecule has 0 spiro atoms. The Balaban J connectivity index is 2.34. The van der Waals surface area contributed by atoms with E-state index in [9.17, 15) is 14.4 Å². The normalized spacial score (nSPS) is 23.3. The molecule has 2 rings (SSSR count). The van der Waals surface area contributed by atoms with Crippen molar-refractivity contribution in [2.45, 2.75) is 12.5 Å². The lowest BCUT2D eigenvalue weighted by atomic mass is 10.0. The molecule has 0 saturated carbocycles. The molecule has 2 heterocycles. The summed E-state index contributed by atoms with van der Waals surface area (Å²) in [6, 6.07) is 2.94. The van der Waals surface area contributed by atoms with E-state index >= 15 is 0 Å². The summed E-state index contributed by atoms with van der Waals surface area (Å²) in [5.41, 5.74) is 3.87. The summed E-state index contributed by atoms with van der Waals surface area (Å²) in [5.74, 6) is -1.20. The third kappa shape index (κ3) is 2.01. The van der Waals surface area contributed by atoms with Crippen LogP contribution in [-0.4, -0.2) is 29.3 Å². The number of amides is 4. The maximum Gasteiger partial charge on any atom is 0.325 e. The Hall–Kier alpha value is -1.41. The van der Waals surface area contributed by atoms with E-state index in [2.05, 4.69) is 21.2 Å². The van der Waals surface area contributed by atoms with E-state index < -0.39 is 29.9 Å². The number of halogens is 1. The first kappa shape index (κ1) is 13.0. The molecule has 4 amide bonds. The minimum absolute atomic E-state index is 0.410. The van der Waals surface area contributed by atoms with Gasteiger partial charge in [0.2, 0.25) is 5.91 Å². The fraction of sp³-hybridized carbons (Fsp3) is 0.300. The number of nitrogens with one attached hydrogen (secondary N) is 1. The van der Waals surface area contributed by atoms with Gasteiger partial charge in [0.25, 0.3) is 5.91 Å². The molecule has 1 saturated heterocycles. The summed E-state index contributed by atoms with van der Waals surface area (Å²) in [7, 11) is 0. The summed E-state index contributed by atoms with van der Waals surface area (Å²) in [6.45, 7) is 1.19. The zero-order valence-corrected chi connectivity index (χ0v) is 11.8. The lowest BCUT2D eigenvalue weighted by Crippen LogP contribution is -2.41. The van der Waals surface area contributed by atoms with Gasteiger partial charge < -0.3 is 11.1 Å². The highest BCUT2D eigenvalue weighted by Gasteiger charge is 2.50. The molecule has 1 atom stereocenters. The van der Waals surface area contributed by atoms with Crippen LogP contribution in [0.15, 0.2) is 15.9 Å². The average molecular weight is 332 g/mol. The van der Waals surface area contributed by atoms with Crippen LogP contribution in [0.1, 0.15) is 11.8 Å². The van der Waals surface area contributed by atoms with Crippen LogP contribution in [0, 0.1) is 0 Å². The molecule has 3 N–H and O–H groups in total. The number of nitrogens with zero attached hydrogens (tertiary/aromatic N) is 1. The van der Waals surface area contributed by atoms with Crippen molar-refractivity contribution in [2.24, 2.45) is 5.73 Å². The maximum atomic E-state index is 12.2. The predicted octanol–water partition coefficient (Wildman–Crippen LogP) is 0.763. The Kier molecular flexibility index (Phi) is 3.16. The van der Waals surface area contributed by atoms with Crippen LogP contribution >= 0.6 is 27.3 Å². The Morgan fingerprint density at radius 1 is 1.56 bits per heavy atom. The van der Waals surface area contributed by atoms with Crippen LogP contribution in [0.3, 0.4) is 0 Å². The molecule has 0 bridgehead atoms. The third-order valence-electron chi connectivity index (χ3n) is 2.65. The molecule has 6 nitrogen and oxygen atoms in total. The van der Waals surface area contributed by atoms with Crippen LogP contribution < -0.4 is 11.1 Å². The first-order valence-electron chi connectivity index (χ1n) is 5.03. The first-order chi connectivity index (χ1) is 8.34. The van der Waals surface area contributed by atoms with Gasteiger partial charge in [0, 0.05) is 4.88 Å². The minimum Gasteiger partial charge on any atom is -0.368 e. The highest BCUT2D eigenvalue weighted by Crippen LogP contribution is 2.35. The minimum atomic E-state index is -1.14. The summed E-state index contributed by atoms with van der Waals surface area (Å²) in [5, 5.41) is 2.58. The Morgan fingerprint density at radius 3 is 2.72 bits per heavy atom. The molecule has 1 aromatic rings. The van der Waals surface area contributed by atoms with E-state index in [1.54, 1.807) is 19.1 Å². The number of urea groups is 1. The molecule has 1 fully saturated rings. The molecule has 1 aromatic heterocycles. The smallest absolute Gasteiger partial charge is 0.325 e. The summed E-state index contributed by atoms with van der Waals surface area (Å²) in [6.07, 6.45) is 0. The molecule has 1 aliphatic heterocycles. The van der Waals surface area contributed by atoms with Crippen molar-refractivity contribution in [1.29, 1.82) is 0 Å². The molecular formula is C10H10BrN3O3S. The standard InChI is InChI=1S/C10H10BrN3O3S/c1-10(5-2-3-6(11)18-5)8(16)14(4-7(12)15)9(17)13-10/h2-3H,4H2,1H3,(H2,12,15)(H,13,17)/t10-/m1/s1. The van der Waals surface area contributed by atoms with E-state index in [-0.39, 0.29) is 0 Å². The maximum absolute atomic E-state index is 12.2. The second-order valence-electron chi connectivity index (χ2n) is 4.02. The molecule has 0 aliphatic carbocycles. The molecule has 0 radical (unpaired) electrons. The number of primary amides is 1. The molecule has 1 aliphatic rings. The van der Waals surface area contributed by atoms with E-state index in [0.717, 1.165) is 8.69 Å². The number of hydrogen-bond donors (Lipinski definition) is 2.